The number of nitrogens with one attached hydrogen (secondary N) is 1. The second-order valence-corrected chi connectivity index (χ2v) is 4.52. The van der Waals surface area contributed by atoms with Gasteiger partial charge >= 0.3 is 0 Å². The third kappa shape index (κ3) is 2.58. The monoisotopic (exact) mass is 208 g/mol. The Kier molecular flexibility index (Phi) is 3.07. The van der Waals surface area contributed by atoms with Gasteiger partial charge in [0.15, 0.2) is 0 Å². The van der Waals surface area contributed by atoms with Crippen LogP contribution < -0.4 is 5.32 Å². The van der Waals surface area contributed by atoms with Crippen molar-refractivity contribution in [1.82, 2.24) is 20.0 Å². The van der Waals surface area contributed by atoms with Gasteiger partial charge in [-0.25, -0.2) is 0 Å². The smallest absolute Gasteiger partial charge is 0.0793 e. The van der Waals surface area contributed by atoms with Gasteiger partial charge in [0.1, 0.15) is 0 Å². The van der Waals surface area contributed by atoms with Crippen LogP contribution in [0.15, 0.2) is 6.20 Å². The van der Waals surface area contributed by atoms with E-state index >= 15 is 0 Å². The van der Waals surface area contributed by atoms with E-state index in [1.807, 2.05) is 11.7 Å². The molecule has 0 aromatic carbocycles. The summed E-state index contributed by atoms with van der Waals surface area (Å²) in [5, 5.41) is 7.93. The minimum atomic E-state index is 0.600. The molecule has 0 aliphatic carbocycles. The molecule has 0 spiro atoms. The quantitative estimate of drug-likeness (QED) is 0.769. The Bertz CT molecular complexity index is 331. The number of aromatic nitrogens is 2. The highest BCUT2D eigenvalue weighted by Crippen LogP contribution is 2.09. The molecule has 1 fully saturated rings. The molecule has 84 valence electrons. The van der Waals surface area contributed by atoms with E-state index in [2.05, 4.69) is 35.4 Å². The lowest BCUT2D eigenvalue weighted by Crippen LogP contribution is -2.48. The standard InChI is InChI=1S/C11H20N4/c1-9-6-14(3)13-11(9)8-15-5-4-12-10(2)7-15/h6,10,12H,4-5,7-8H2,1-3H3. The fourth-order valence-electron chi connectivity index (χ4n) is 2.18. The summed E-state index contributed by atoms with van der Waals surface area (Å²) >= 11 is 0. The largest absolute Gasteiger partial charge is 0.312 e. The molecule has 1 aromatic rings. The average Bonchev–Trinajstić information content (AvgIpc) is 2.45. The summed E-state index contributed by atoms with van der Waals surface area (Å²) in [6.07, 6.45) is 2.08. The van der Waals surface area contributed by atoms with Gasteiger partial charge in [0.25, 0.3) is 0 Å². The molecule has 15 heavy (non-hydrogen) atoms. The topological polar surface area (TPSA) is 33.1 Å². The minimum Gasteiger partial charge on any atom is -0.312 e. The van der Waals surface area contributed by atoms with Gasteiger partial charge in [0.05, 0.1) is 5.69 Å². The van der Waals surface area contributed by atoms with Crippen LogP contribution >= 0.6 is 0 Å². The van der Waals surface area contributed by atoms with Crippen LogP contribution in [0.4, 0.5) is 0 Å². The number of nitrogens with zero attached hydrogens (tertiary/aromatic N) is 3. The number of rotatable bonds is 2. The molecule has 1 atom stereocenters. The first-order chi connectivity index (χ1) is 7.15. The molecular weight excluding hydrogens is 188 g/mol. The molecule has 0 saturated carbocycles. The molecule has 1 saturated heterocycles. The van der Waals surface area contributed by atoms with Crippen molar-refractivity contribution in [3.05, 3.63) is 17.5 Å². The predicted octanol–water partition coefficient (Wildman–Crippen LogP) is 0.522. The fraction of sp³-hybridized carbons (Fsp3) is 0.727. The summed E-state index contributed by atoms with van der Waals surface area (Å²) in [5.41, 5.74) is 2.51. The lowest BCUT2D eigenvalue weighted by Gasteiger charge is -2.31. The maximum Gasteiger partial charge on any atom is 0.0793 e. The molecule has 2 heterocycles. The van der Waals surface area contributed by atoms with Gasteiger partial charge in [-0.05, 0) is 19.4 Å². The van der Waals surface area contributed by atoms with Gasteiger partial charge in [-0.2, -0.15) is 5.10 Å². The number of piperazine rings is 1. The summed E-state index contributed by atoms with van der Waals surface area (Å²) in [6.45, 7) is 8.69. The van der Waals surface area contributed by atoms with E-state index in [-0.39, 0.29) is 0 Å². The van der Waals surface area contributed by atoms with Crippen LogP contribution in [0, 0.1) is 6.92 Å². The molecule has 0 amide bonds. The zero-order valence-electron chi connectivity index (χ0n) is 9.82. The Morgan fingerprint density at radius 2 is 2.40 bits per heavy atom. The van der Waals surface area contributed by atoms with E-state index in [1.54, 1.807) is 0 Å². The van der Waals surface area contributed by atoms with Crippen molar-refractivity contribution in [2.75, 3.05) is 19.6 Å². The lowest BCUT2D eigenvalue weighted by atomic mass is 10.2. The summed E-state index contributed by atoms with van der Waals surface area (Å²) in [5.74, 6) is 0. The third-order valence-corrected chi connectivity index (χ3v) is 2.94. The number of hydrogen-bond donors (Lipinski definition) is 1. The van der Waals surface area contributed by atoms with Crippen LogP contribution in [-0.4, -0.2) is 40.4 Å². The molecule has 0 bridgehead atoms. The van der Waals surface area contributed by atoms with E-state index in [9.17, 15) is 0 Å². The van der Waals surface area contributed by atoms with Gasteiger partial charge < -0.3 is 5.32 Å². The van der Waals surface area contributed by atoms with Gasteiger partial charge in [-0.3, -0.25) is 9.58 Å². The molecular formula is C11H20N4. The summed E-state index contributed by atoms with van der Waals surface area (Å²) in [6, 6.07) is 0.600. The highest BCUT2D eigenvalue weighted by Gasteiger charge is 2.17. The van der Waals surface area contributed by atoms with E-state index in [0.717, 1.165) is 26.2 Å². The highest BCUT2D eigenvalue weighted by atomic mass is 15.3. The second-order valence-electron chi connectivity index (χ2n) is 4.52. The predicted molar refractivity (Wildman–Crippen MR) is 60.7 cm³/mol. The Morgan fingerprint density at radius 1 is 1.60 bits per heavy atom. The van der Waals surface area contributed by atoms with Crippen molar-refractivity contribution in [3.8, 4) is 0 Å². The van der Waals surface area contributed by atoms with Gasteiger partial charge in [-0.15, -0.1) is 0 Å². The Morgan fingerprint density at radius 3 is 3.00 bits per heavy atom. The Hall–Kier alpha value is -0.870. The molecule has 2 rings (SSSR count). The van der Waals surface area contributed by atoms with Gasteiger partial charge in [0.2, 0.25) is 0 Å². The Labute approximate surface area is 91.3 Å². The van der Waals surface area contributed by atoms with Crippen LogP contribution in [0.5, 0.6) is 0 Å². The molecule has 4 nitrogen and oxygen atoms in total. The van der Waals surface area contributed by atoms with Crippen molar-refractivity contribution in [1.29, 1.82) is 0 Å². The first-order valence-corrected chi connectivity index (χ1v) is 5.60. The average molecular weight is 208 g/mol. The molecule has 0 radical (unpaired) electrons. The second kappa shape index (κ2) is 4.33. The van der Waals surface area contributed by atoms with Crippen LogP contribution in [-0.2, 0) is 13.6 Å². The van der Waals surface area contributed by atoms with Crippen LogP contribution in [0.1, 0.15) is 18.2 Å². The molecule has 4 heteroatoms. The van der Waals surface area contributed by atoms with E-state index in [1.165, 1.54) is 11.3 Å². The zero-order valence-corrected chi connectivity index (χ0v) is 9.82. The van der Waals surface area contributed by atoms with Crippen molar-refractivity contribution in [2.45, 2.75) is 26.4 Å². The van der Waals surface area contributed by atoms with Crippen LogP contribution in [0.25, 0.3) is 0 Å². The SMILES string of the molecule is Cc1cn(C)nc1CN1CCNC(C)C1. The maximum absolute atomic E-state index is 4.48. The molecule has 1 aliphatic heterocycles. The van der Waals surface area contributed by atoms with Crippen LogP contribution in [0.2, 0.25) is 0 Å². The number of hydrogen-bond acceptors (Lipinski definition) is 3. The Balaban J connectivity index is 1.99. The van der Waals surface area contributed by atoms with E-state index in [0.29, 0.717) is 6.04 Å². The summed E-state index contributed by atoms with van der Waals surface area (Å²) in [4.78, 5) is 2.47. The summed E-state index contributed by atoms with van der Waals surface area (Å²) < 4.78 is 1.90. The van der Waals surface area contributed by atoms with E-state index in [4.69, 9.17) is 0 Å². The first-order valence-electron chi connectivity index (χ1n) is 5.60. The molecule has 1 unspecified atom stereocenters. The number of aryl methyl sites for hydroxylation is 2. The minimum absolute atomic E-state index is 0.600. The lowest BCUT2D eigenvalue weighted by molar-refractivity contribution is 0.197. The van der Waals surface area contributed by atoms with Crippen molar-refractivity contribution in [3.63, 3.8) is 0 Å². The fourth-order valence-corrected chi connectivity index (χ4v) is 2.18. The molecule has 1 aromatic heterocycles. The normalized spacial score (nSPS) is 23.3. The maximum atomic E-state index is 4.48. The molecule has 1 N–H and O–H groups in total. The molecule has 1 aliphatic rings. The van der Waals surface area contributed by atoms with Gasteiger partial charge in [0, 0.05) is 45.5 Å². The zero-order chi connectivity index (χ0) is 10.8. The van der Waals surface area contributed by atoms with Gasteiger partial charge in [-0.1, -0.05) is 0 Å². The van der Waals surface area contributed by atoms with Crippen LogP contribution in [0.3, 0.4) is 0 Å². The first kappa shape index (κ1) is 10.6. The summed E-state index contributed by atoms with van der Waals surface area (Å²) in [7, 11) is 1.98. The van der Waals surface area contributed by atoms with Crippen molar-refractivity contribution in [2.24, 2.45) is 7.05 Å². The third-order valence-electron chi connectivity index (χ3n) is 2.94. The highest BCUT2D eigenvalue weighted by molar-refractivity contribution is 5.14. The van der Waals surface area contributed by atoms with Crippen molar-refractivity contribution >= 4 is 0 Å². The van der Waals surface area contributed by atoms with Crippen molar-refractivity contribution < 1.29 is 0 Å². The van der Waals surface area contributed by atoms with E-state index < -0.39 is 0 Å².